The fraction of sp³-hybridized carbons (Fsp3) is 0.424. The van der Waals surface area contributed by atoms with Crippen molar-refractivity contribution < 1.29 is 24.1 Å². The first-order valence-electron chi connectivity index (χ1n) is 13.7. The molecule has 5 heteroatoms. The molecule has 0 aromatic heterocycles. The van der Waals surface area contributed by atoms with Crippen molar-refractivity contribution in [1.29, 1.82) is 0 Å². The summed E-state index contributed by atoms with van der Waals surface area (Å²) in [7, 11) is 1.32. The highest BCUT2D eigenvalue weighted by Gasteiger charge is 2.37. The van der Waals surface area contributed by atoms with Crippen LogP contribution in [0.4, 0.5) is 0 Å². The van der Waals surface area contributed by atoms with E-state index < -0.39 is 12.1 Å². The molecule has 3 aromatic carbocycles. The number of benzene rings is 3. The largest absolute Gasteiger partial charge is 0.490 e. The molecule has 0 bridgehead atoms. The van der Waals surface area contributed by atoms with Crippen LogP contribution >= 0.6 is 0 Å². The topological polar surface area (TPSA) is 65.0 Å². The summed E-state index contributed by atoms with van der Waals surface area (Å²) in [6.45, 7) is 5.19. The first-order chi connectivity index (χ1) is 18.3. The molecule has 200 valence electrons. The van der Waals surface area contributed by atoms with E-state index in [-0.39, 0.29) is 11.8 Å². The second-order valence-electron chi connectivity index (χ2n) is 11.4. The molecule has 2 atom stereocenters. The Kier molecular flexibility index (Phi) is 7.75. The van der Waals surface area contributed by atoms with E-state index in [4.69, 9.17) is 9.47 Å². The molecule has 0 spiro atoms. The predicted octanol–water partition coefficient (Wildman–Crippen LogP) is 7.36. The Bertz CT molecular complexity index is 1280. The molecule has 0 unspecified atom stereocenters. The van der Waals surface area contributed by atoms with Crippen molar-refractivity contribution in [2.75, 3.05) is 7.11 Å². The zero-order valence-electron chi connectivity index (χ0n) is 22.6. The predicted molar refractivity (Wildman–Crippen MR) is 148 cm³/mol. The molecule has 5 nitrogen and oxygen atoms in total. The molecular weight excluding hydrogens is 476 g/mol. The number of carbonyl (C=O) groups excluding carboxylic acids is 1. The normalized spacial score (nSPS) is 19.1. The van der Waals surface area contributed by atoms with Crippen LogP contribution in [0.5, 0.6) is 11.5 Å². The third-order valence-electron chi connectivity index (χ3n) is 7.96. The van der Waals surface area contributed by atoms with Gasteiger partial charge in [-0.15, -0.1) is 0 Å². The van der Waals surface area contributed by atoms with Crippen molar-refractivity contribution in [1.82, 2.24) is 0 Å². The first kappa shape index (κ1) is 26.3. The molecule has 0 aliphatic heterocycles. The molecule has 2 saturated carbocycles. The highest BCUT2D eigenvalue weighted by atomic mass is 16.5. The summed E-state index contributed by atoms with van der Waals surface area (Å²) in [5.74, 6) is 1.63. The molecule has 1 N–H and O–H groups in total. The Hall–Kier alpha value is -3.31. The van der Waals surface area contributed by atoms with Gasteiger partial charge in [-0.3, -0.25) is 4.79 Å². The molecule has 2 aliphatic rings. The lowest BCUT2D eigenvalue weighted by atomic mass is 9.75. The van der Waals surface area contributed by atoms with Crippen molar-refractivity contribution in [3.63, 3.8) is 0 Å². The van der Waals surface area contributed by atoms with E-state index in [2.05, 4.69) is 61.0 Å². The molecule has 0 saturated heterocycles. The number of esters is 1. The SMILES string of the molecule is COC(=O)C[C@@H](O)c1cccc(OCc2ccc(-c3cccc(OC4CC4)c3)c([C@@H]3CCCC3(C)C)c2)c1. The Morgan fingerprint density at radius 3 is 2.53 bits per heavy atom. The average Bonchev–Trinajstić information content (AvgIpc) is 3.66. The van der Waals surface area contributed by atoms with E-state index in [1.54, 1.807) is 12.1 Å². The lowest BCUT2D eigenvalue weighted by Gasteiger charge is -2.30. The number of aliphatic hydroxyl groups is 1. The number of carbonyl (C=O) groups is 1. The third kappa shape index (κ3) is 6.21. The van der Waals surface area contributed by atoms with Crippen molar-refractivity contribution in [3.05, 3.63) is 83.4 Å². The average molecular weight is 515 g/mol. The monoisotopic (exact) mass is 514 g/mol. The summed E-state index contributed by atoms with van der Waals surface area (Å²) in [5.41, 5.74) is 5.81. The number of aliphatic hydroxyl groups excluding tert-OH is 1. The van der Waals surface area contributed by atoms with Gasteiger partial charge in [0.05, 0.1) is 25.7 Å². The Balaban J connectivity index is 1.38. The minimum absolute atomic E-state index is 0.0884. The van der Waals surface area contributed by atoms with Crippen LogP contribution in [-0.2, 0) is 16.1 Å². The van der Waals surface area contributed by atoms with E-state index >= 15 is 0 Å². The van der Waals surface area contributed by atoms with Gasteiger partial charge in [-0.05, 0) is 89.1 Å². The summed E-state index contributed by atoms with van der Waals surface area (Å²) in [6.07, 6.45) is 5.30. The lowest BCUT2D eigenvalue weighted by molar-refractivity contribution is -0.142. The zero-order valence-corrected chi connectivity index (χ0v) is 22.6. The highest BCUT2D eigenvalue weighted by molar-refractivity contribution is 5.71. The molecule has 0 heterocycles. The Morgan fingerprint density at radius 2 is 1.79 bits per heavy atom. The van der Waals surface area contributed by atoms with Gasteiger partial charge in [0.25, 0.3) is 0 Å². The fourth-order valence-electron chi connectivity index (χ4n) is 5.61. The van der Waals surface area contributed by atoms with Gasteiger partial charge in [0.15, 0.2) is 0 Å². The smallest absolute Gasteiger partial charge is 0.308 e. The molecule has 0 radical (unpaired) electrons. The number of rotatable bonds is 10. The van der Waals surface area contributed by atoms with Crippen molar-refractivity contribution in [2.45, 2.75) is 77.1 Å². The van der Waals surface area contributed by atoms with Crippen LogP contribution in [0.25, 0.3) is 11.1 Å². The number of ether oxygens (including phenoxy) is 3. The second kappa shape index (κ2) is 11.2. The van der Waals surface area contributed by atoms with Crippen molar-refractivity contribution >= 4 is 5.97 Å². The van der Waals surface area contributed by atoms with Gasteiger partial charge in [0.1, 0.15) is 18.1 Å². The standard InChI is InChI=1S/C33H38O5/c1-33(2)16-6-11-30(33)29-17-22(12-15-28(29)23-7-4-10-27(18-23)38-25-13-14-25)21-37-26-9-5-8-24(19-26)31(34)20-32(35)36-3/h4-5,7-10,12,15,17-19,25,30-31,34H,6,11,13-14,16,20-21H2,1-3H3/t30-,31+/m0/s1. The third-order valence-corrected chi connectivity index (χ3v) is 7.96. The van der Waals surface area contributed by atoms with E-state index in [9.17, 15) is 9.90 Å². The minimum atomic E-state index is -0.929. The maximum atomic E-state index is 11.6. The second-order valence-corrected chi connectivity index (χ2v) is 11.4. The maximum Gasteiger partial charge on any atom is 0.308 e. The van der Waals surface area contributed by atoms with E-state index in [1.165, 1.54) is 43.1 Å². The first-order valence-corrected chi connectivity index (χ1v) is 13.7. The van der Waals surface area contributed by atoms with Gasteiger partial charge in [-0.1, -0.05) is 62.7 Å². The van der Waals surface area contributed by atoms with Gasteiger partial charge < -0.3 is 19.3 Å². The lowest BCUT2D eigenvalue weighted by Crippen LogP contribution is -2.16. The van der Waals surface area contributed by atoms with E-state index in [1.807, 2.05) is 12.1 Å². The molecular formula is C33H38O5. The van der Waals surface area contributed by atoms with Crippen LogP contribution in [0.2, 0.25) is 0 Å². The van der Waals surface area contributed by atoms with Crippen LogP contribution in [0.3, 0.4) is 0 Å². The van der Waals surface area contributed by atoms with Gasteiger partial charge in [0.2, 0.25) is 0 Å². The van der Waals surface area contributed by atoms with Gasteiger partial charge in [-0.2, -0.15) is 0 Å². The van der Waals surface area contributed by atoms with Crippen LogP contribution in [-0.4, -0.2) is 24.3 Å². The Labute approximate surface area is 225 Å². The van der Waals surface area contributed by atoms with Crippen LogP contribution in [0.15, 0.2) is 66.7 Å². The minimum Gasteiger partial charge on any atom is -0.490 e. The van der Waals surface area contributed by atoms with Gasteiger partial charge in [-0.25, -0.2) is 0 Å². The molecule has 2 fully saturated rings. The van der Waals surface area contributed by atoms with Crippen molar-refractivity contribution in [3.8, 4) is 22.6 Å². The van der Waals surface area contributed by atoms with E-state index in [0.717, 1.165) is 24.2 Å². The number of methoxy groups -OCH3 is 1. The highest BCUT2D eigenvalue weighted by Crippen LogP contribution is 2.51. The maximum absolute atomic E-state index is 11.6. The molecule has 3 aromatic rings. The van der Waals surface area contributed by atoms with Gasteiger partial charge >= 0.3 is 5.97 Å². The quantitative estimate of drug-likeness (QED) is 0.286. The summed E-state index contributed by atoms with van der Waals surface area (Å²) < 4.78 is 16.9. The summed E-state index contributed by atoms with van der Waals surface area (Å²) >= 11 is 0. The van der Waals surface area contributed by atoms with Crippen LogP contribution in [0, 0.1) is 5.41 Å². The summed E-state index contributed by atoms with van der Waals surface area (Å²) in [6, 6.07) is 22.5. The molecule has 38 heavy (non-hydrogen) atoms. The zero-order chi connectivity index (χ0) is 26.7. The Morgan fingerprint density at radius 1 is 1.00 bits per heavy atom. The summed E-state index contributed by atoms with van der Waals surface area (Å²) in [4.78, 5) is 11.6. The van der Waals surface area contributed by atoms with Gasteiger partial charge in [0, 0.05) is 0 Å². The van der Waals surface area contributed by atoms with Crippen molar-refractivity contribution in [2.24, 2.45) is 5.41 Å². The number of hydrogen-bond donors (Lipinski definition) is 1. The molecule has 5 rings (SSSR count). The number of hydrogen-bond acceptors (Lipinski definition) is 5. The summed E-state index contributed by atoms with van der Waals surface area (Å²) in [5, 5.41) is 10.4. The fourth-order valence-corrected chi connectivity index (χ4v) is 5.61. The molecule has 0 amide bonds. The molecule has 2 aliphatic carbocycles. The van der Waals surface area contributed by atoms with Crippen LogP contribution in [0.1, 0.15) is 81.1 Å². The van der Waals surface area contributed by atoms with Crippen LogP contribution < -0.4 is 9.47 Å². The van der Waals surface area contributed by atoms with E-state index in [0.29, 0.717) is 29.9 Å².